The van der Waals surface area contributed by atoms with Gasteiger partial charge in [-0.15, -0.1) is 0 Å². The fourth-order valence-electron chi connectivity index (χ4n) is 3.40. The van der Waals surface area contributed by atoms with Crippen molar-refractivity contribution in [1.29, 1.82) is 0 Å². The molecule has 0 amide bonds. The summed E-state index contributed by atoms with van der Waals surface area (Å²) in [5, 5.41) is 10.7. The number of aromatic carboxylic acids is 1. The minimum atomic E-state index is -1.12. The molecule has 7 heteroatoms. The Bertz CT molecular complexity index is 1340. The molecule has 164 valence electrons. The molecule has 0 atom stereocenters. The number of hydrogen-bond donors (Lipinski definition) is 1. The van der Waals surface area contributed by atoms with Gasteiger partial charge in [0.2, 0.25) is 5.78 Å². The Labute approximate surface area is 200 Å². The lowest BCUT2D eigenvalue weighted by atomic mass is 9.97. The van der Waals surface area contributed by atoms with Gasteiger partial charge in [-0.25, -0.2) is 4.79 Å². The molecule has 1 N–H and O–H groups in total. The topological polar surface area (TPSA) is 70.5 Å². The summed E-state index contributed by atoms with van der Waals surface area (Å²) in [6.07, 6.45) is 1.60. The van der Waals surface area contributed by atoms with E-state index in [2.05, 4.69) is 4.98 Å². The van der Waals surface area contributed by atoms with Gasteiger partial charge in [0.25, 0.3) is 0 Å². The molecule has 4 rings (SSSR count). The highest BCUT2D eigenvalue weighted by Crippen LogP contribution is 2.27. The van der Waals surface area contributed by atoms with Gasteiger partial charge in [0.15, 0.2) is 0 Å². The van der Waals surface area contributed by atoms with Crippen LogP contribution in [0, 0.1) is 0 Å². The molecule has 0 unspecified atom stereocenters. The van der Waals surface area contributed by atoms with Crippen molar-refractivity contribution in [3.05, 3.63) is 112 Å². The van der Waals surface area contributed by atoms with E-state index in [-0.39, 0.29) is 22.6 Å². The van der Waals surface area contributed by atoms with E-state index >= 15 is 0 Å². The SMILES string of the molecule is CN(c1ccc(Cl)cc1)c1ccc(C(=O)c2cc(C(=O)O)cc(-c3cccc(Cl)c3)c2)nc1. The summed E-state index contributed by atoms with van der Waals surface area (Å²) in [5.41, 5.74) is 3.45. The maximum absolute atomic E-state index is 13.2. The molecule has 1 heterocycles. The summed E-state index contributed by atoms with van der Waals surface area (Å²) in [4.78, 5) is 31.1. The van der Waals surface area contributed by atoms with Gasteiger partial charge in [0, 0.05) is 28.3 Å². The van der Waals surface area contributed by atoms with Crippen molar-refractivity contribution in [3.63, 3.8) is 0 Å². The Balaban J connectivity index is 1.66. The summed E-state index contributed by atoms with van der Waals surface area (Å²) in [6, 6.07) is 22.3. The van der Waals surface area contributed by atoms with Crippen LogP contribution in [0.15, 0.2) is 85.1 Å². The number of aromatic nitrogens is 1. The Morgan fingerprint density at radius 2 is 1.48 bits per heavy atom. The van der Waals surface area contributed by atoms with Crippen LogP contribution >= 0.6 is 23.2 Å². The molecule has 3 aromatic carbocycles. The second-order valence-electron chi connectivity index (χ2n) is 7.38. The van der Waals surface area contributed by atoms with Crippen molar-refractivity contribution < 1.29 is 14.7 Å². The molecule has 0 saturated heterocycles. The van der Waals surface area contributed by atoms with Crippen LogP contribution in [0.4, 0.5) is 11.4 Å². The van der Waals surface area contributed by atoms with Crippen molar-refractivity contribution in [2.24, 2.45) is 0 Å². The third-order valence-electron chi connectivity index (χ3n) is 5.18. The van der Waals surface area contributed by atoms with E-state index < -0.39 is 5.97 Å². The van der Waals surface area contributed by atoms with Crippen molar-refractivity contribution in [2.45, 2.75) is 0 Å². The van der Waals surface area contributed by atoms with E-state index in [1.165, 1.54) is 12.1 Å². The zero-order valence-electron chi connectivity index (χ0n) is 17.5. The Morgan fingerprint density at radius 3 is 2.12 bits per heavy atom. The van der Waals surface area contributed by atoms with Crippen LogP contribution in [0.1, 0.15) is 26.4 Å². The molecule has 0 aliphatic carbocycles. The number of nitrogens with zero attached hydrogens (tertiary/aromatic N) is 2. The van der Waals surface area contributed by atoms with Crippen LogP contribution < -0.4 is 4.90 Å². The number of anilines is 2. The third-order valence-corrected chi connectivity index (χ3v) is 5.67. The van der Waals surface area contributed by atoms with Crippen LogP contribution in [0.3, 0.4) is 0 Å². The van der Waals surface area contributed by atoms with E-state index in [1.54, 1.807) is 60.8 Å². The minimum absolute atomic E-state index is 0.00918. The average molecular weight is 477 g/mol. The number of benzene rings is 3. The van der Waals surface area contributed by atoms with Crippen LogP contribution in [-0.2, 0) is 0 Å². The standard InChI is InChI=1S/C26H18Cl2N2O3/c1-30(22-7-5-20(27)6-8-22)23-9-10-24(29-15-23)25(31)18-11-17(12-19(13-18)26(32)33)16-3-2-4-21(28)14-16/h2-15H,1H3,(H,32,33). The number of ketones is 1. The lowest BCUT2D eigenvalue weighted by Gasteiger charge is -2.19. The second kappa shape index (κ2) is 9.45. The van der Waals surface area contributed by atoms with Gasteiger partial charge in [-0.2, -0.15) is 0 Å². The summed E-state index contributed by atoms with van der Waals surface area (Å²) < 4.78 is 0. The highest BCUT2D eigenvalue weighted by molar-refractivity contribution is 6.31. The normalized spacial score (nSPS) is 10.6. The predicted molar refractivity (Wildman–Crippen MR) is 131 cm³/mol. The van der Waals surface area contributed by atoms with E-state index in [9.17, 15) is 14.7 Å². The number of hydrogen-bond acceptors (Lipinski definition) is 4. The first-order valence-corrected chi connectivity index (χ1v) is 10.7. The number of carboxylic acids is 1. The number of carbonyl (C=O) groups excluding carboxylic acids is 1. The van der Waals surface area contributed by atoms with E-state index in [0.29, 0.717) is 21.2 Å². The summed E-state index contributed by atoms with van der Waals surface area (Å²) in [6.45, 7) is 0. The second-order valence-corrected chi connectivity index (χ2v) is 8.25. The smallest absolute Gasteiger partial charge is 0.335 e. The quantitative estimate of drug-likeness (QED) is 0.311. The fourth-order valence-corrected chi connectivity index (χ4v) is 3.71. The first-order valence-electron chi connectivity index (χ1n) is 9.96. The van der Waals surface area contributed by atoms with Crippen LogP contribution in [-0.4, -0.2) is 28.9 Å². The predicted octanol–water partition coefficient (Wildman–Crippen LogP) is 6.75. The maximum Gasteiger partial charge on any atom is 0.335 e. The molecule has 0 saturated carbocycles. The van der Waals surface area contributed by atoms with Gasteiger partial charge in [-0.1, -0.05) is 35.3 Å². The summed E-state index contributed by atoms with van der Waals surface area (Å²) in [5.74, 6) is -1.50. The Hall–Kier alpha value is -3.67. The van der Waals surface area contributed by atoms with Crippen molar-refractivity contribution in [3.8, 4) is 11.1 Å². The first-order chi connectivity index (χ1) is 15.8. The highest BCUT2D eigenvalue weighted by atomic mass is 35.5. The number of carboxylic acid groups (broad SMARTS) is 1. The Morgan fingerprint density at radius 1 is 0.788 bits per heavy atom. The minimum Gasteiger partial charge on any atom is -0.478 e. The fraction of sp³-hybridized carbons (Fsp3) is 0.0385. The van der Waals surface area contributed by atoms with Crippen LogP contribution in [0.25, 0.3) is 11.1 Å². The maximum atomic E-state index is 13.2. The number of rotatable bonds is 6. The molecule has 0 aliphatic heterocycles. The molecule has 5 nitrogen and oxygen atoms in total. The molecule has 0 bridgehead atoms. The molecule has 33 heavy (non-hydrogen) atoms. The van der Waals surface area contributed by atoms with Gasteiger partial charge >= 0.3 is 5.97 Å². The third kappa shape index (κ3) is 5.06. The molecule has 0 fully saturated rings. The van der Waals surface area contributed by atoms with E-state index in [4.69, 9.17) is 23.2 Å². The van der Waals surface area contributed by atoms with E-state index in [0.717, 1.165) is 11.4 Å². The zero-order valence-corrected chi connectivity index (χ0v) is 19.0. The van der Waals surface area contributed by atoms with Crippen LogP contribution in [0.5, 0.6) is 0 Å². The number of pyridine rings is 1. The lowest BCUT2D eigenvalue weighted by Crippen LogP contribution is -2.11. The first kappa shape index (κ1) is 22.5. The molecule has 0 radical (unpaired) electrons. The molecular weight excluding hydrogens is 459 g/mol. The van der Waals surface area contributed by atoms with Gasteiger partial charge < -0.3 is 10.0 Å². The number of halogens is 2. The van der Waals surface area contributed by atoms with Gasteiger partial charge in [-0.05, 0) is 77.9 Å². The van der Waals surface area contributed by atoms with Gasteiger partial charge in [0.1, 0.15) is 5.69 Å². The molecule has 0 aliphatic rings. The monoisotopic (exact) mass is 476 g/mol. The Kier molecular flexibility index (Phi) is 6.45. The highest BCUT2D eigenvalue weighted by Gasteiger charge is 2.17. The summed E-state index contributed by atoms with van der Waals surface area (Å²) in [7, 11) is 1.88. The molecule has 4 aromatic rings. The summed E-state index contributed by atoms with van der Waals surface area (Å²) >= 11 is 12.0. The zero-order chi connectivity index (χ0) is 23.5. The molecular formula is C26H18Cl2N2O3. The van der Waals surface area contributed by atoms with Gasteiger partial charge in [0.05, 0.1) is 17.4 Å². The molecule has 0 spiro atoms. The largest absolute Gasteiger partial charge is 0.478 e. The average Bonchev–Trinajstić information content (AvgIpc) is 2.83. The van der Waals surface area contributed by atoms with Crippen molar-refractivity contribution in [1.82, 2.24) is 4.98 Å². The molecule has 1 aromatic heterocycles. The van der Waals surface area contributed by atoms with Gasteiger partial charge in [-0.3, -0.25) is 9.78 Å². The lowest BCUT2D eigenvalue weighted by molar-refractivity contribution is 0.0697. The van der Waals surface area contributed by atoms with E-state index in [1.807, 2.05) is 24.1 Å². The van der Waals surface area contributed by atoms with Crippen molar-refractivity contribution in [2.75, 3.05) is 11.9 Å². The number of carbonyl (C=O) groups is 2. The van der Waals surface area contributed by atoms with Crippen molar-refractivity contribution >= 4 is 46.3 Å². The van der Waals surface area contributed by atoms with Crippen LogP contribution in [0.2, 0.25) is 10.0 Å².